The quantitative estimate of drug-likeness (QED) is 0.739. The first-order chi connectivity index (χ1) is 11.3. The standard InChI is InChI=1S/C20H29NO3/c1-19-9-7-13(22)11-12(19)3-4-14-15-5-6-17(24-18(21)23)20(15,2)10-8-16(14)19/h3,14-17H,4-11H2,1-2H3,(H2,21,23)/t14?,15?,16?,17-,19-,20-/m0/s1. The number of primary amides is 1. The van der Waals surface area contributed by atoms with E-state index >= 15 is 0 Å². The predicted molar refractivity (Wildman–Crippen MR) is 91.2 cm³/mol. The Hall–Kier alpha value is -1.32. The van der Waals surface area contributed by atoms with Gasteiger partial charge in [0.15, 0.2) is 0 Å². The van der Waals surface area contributed by atoms with E-state index in [4.69, 9.17) is 10.5 Å². The van der Waals surface area contributed by atoms with E-state index in [1.165, 1.54) is 12.0 Å². The van der Waals surface area contributed by atoms with Gasteiger partial charge in [-0.3, -0.25) is 4.79 Å². The highest BCUT2D eigenvalue weighted by Gasteiger charge is 2.59. The molecule has 0 radical (unpaired) electrons. The zero-order valence-corrected chi connectivity index (χ0v) is 14.8. The molecule has 0 aliphatic heterocycles. The Bertz CT molecular complexity index is 612. The molecule has 4 heteroatoms. The fraction of sp³-hybridized carbons (Fsp3) is 0.800. The molecule has 4 aliphatic rings. The molecule has 1 amide bonds. The summed E-state index contributed by atoms with van der Waals surface area (Å²) in [6, 6.07) is 0. The molecule has 0 aromatic rings. The van der Waals surface area contributed by atoms with Gasteiger partial charge in [0.25, 0.3) is 0 Å². The maximum Gasteiger partial charge on any atom is 0.404 e. The number of nitrogens with two attached hydrogens (primary N) is 1. The fourth-order valence-electron chi connectivity index (χ4n) is 6.76. The fourth-order valence-corrected chi connectivity index (χ4v) is 6.76. The smallest absolute Gasteiger partial charge is 0.404 e. The molecule has 0 spiro atoms. The minimum Gasteiger partial charge on any atom is -0.446 e. The Kier molecular flexibility index (Phi) is 3.59. The van der Waals surface area contributed by atoms with Crippen LogP contribution in [0.15, 0.2) is 11.6 Å². The minimum atomic E-state index is -0.632. The van der Waals surface area contributed by atoms with Crippen molar-refractivity contribution in [1.82, 2.24) is 0 Å². The molecule has 4 nitrogen and oxygen atoms in total. The van der Waals surface area contributed by atoms with Crippen molar-refractivity contribution in [3.05, 3.63) is 11.6 Å². The third-order valence-electron chi connectivity index (χ3n) is 8.11. The van der Waals surface area contributed by atoms with Crippen LogP contribution in [0.25, 0.3) is 0 Å². The Morgan fingerprint density at radius 3 is 2.75 bits per heavy atom. The summed E-state index contributed by atoms with van der Waals surface area (Å²) >= 11 is 0. The van der Waals surface area contributed by atoms with Gasteiger partial charge in [-0.15, -0.1) is 0 Å². The Balaban J connectivity index is 1.63. The molecular weight excluding hydrogens is 302 g/mol. The van der Waals surface area contributed by atoms with Crippen molar-refractivity contribution in [2.75, 3.05) is 0 Å². The van der Waals surface area contributed by atoms with Crippen LogP contribution < -0.4 is 5.73 Å². The van der Waals surface area contributed by atoms with Crippen molar-refractivity contribution < 1.29 is 14.3 Å². The number of rotatable bonds is 1. The van der Waals surface area contributed by atoms with E-state index in [0.29, 0.717) is 30.0 Å². The third-order valence-corrected chi connectivity index (χ3v) is 8.11. The minimum absolute atomic E-state index is 0.0212. The number of ketones is 1. The molecule has 3 unspecified atom stereocenters. The Labute approximate surface area is 144 Å². The van der Waals surface area contributed by atoms with Gasteiger partial charge in [-0.2, -0.15) is 0 Å². The molecule has 4 aliphatic carbocycles. The maximum atomic E-state index is 11.9. The Morgan fingerprint density at radius 2 is 2.00 bits per heavy atom. The highest BCUT2D eigenvalue weighted by Crippen LogP contribution is 2.64. The summed E-state index contributed by atoms with van der Waals surface area (Å²) in [5.41, 5.74) is 6.99. The summed E-state index contributed by atoms with van der Waals surface area (Å²) in [5, 5.41) is 0. The van der Waals surface area contributed by atoms with Crippen LogP contribution in [0.1, 0.15) is 65.2 Å². The maximum absolute atomic E-state index is 11.9. The normalized spacial score (nSPS) is 47.2. The summed E-state index contributed by atoms with van der Waals surface area (Å²) in [6.07, 6.45) is 9.61. The van der Waals surface area contributed by atoms with Gasteiger partial charge >= 0.3 is 6.09 Å². The average Bonchev–Trinajstić information content (AvgIpc) is 2.84. The van der Waals surface area contributed by atoms with Crippen LogP contribution in [0, 0.1) is 28.6 Å². The van der Waals surface area contributed by atoms with Crippen LogP contribution in [-0.2, 0) is 9.53 Å². The molecule has 0 aromatic carbocycles. The third kappa shape index (κ3) is 2.18. The lowest BCUT2D eigenvalue weighted by atomic mass is 9.48. The molecule has 0 bridgehead atoms. The van der Waals surface area contributed by atoms with E-state index in [1.54, 1.807) is 0 Å². The highest BCUT2D eigenvalue weighted by molar-refractivity contribution is 5.82. The number of fused-ring (bicyclic) bond motifs is 5. The molecule has 3 saturated carbocycles. The number of carbonyl (C=O) groups is 2. The first-order valence-electron chi connectivity index (χ1n) is 9.52. The van der Waals surface area contributed by atoms with Gasteiger partial charge in [-0.05, 0) is 61.7 Å². The second-order valence-electron chi connectivity index (χ2n) is 9.02. The van der Waals surface area contributed by atoms with Gasteiger partial charge < -0.3 is 10.5 Å². The number of Topliss-reactive ketones (excluding diaryl/α,β-unsaturated/α-hetero) is 1. The molecule has 3 fully saturated rings. The largest absolute Gasteiger partial charge is 0.446 e. The van der Waals surface area contributed by atoms with Crippen molar-refractivity contribution >= 4 is 11.9 Å². The van der Waals surface area contributed by atoms with Crippen LogP contribution in [0.3, 0.4) is 0 Å². The van der Waals surface area contributed by atoms with Crippen LogP contribution in [0.2, 0.25) is 0 Å². The van der Waals surface area contributed by atoms with Gasteiger partial charge in [-0.1, -0.05) is 25.5 Å². The molecule has 132 valence electrons. The lowest BCUT2D eigenvalue weighted by molar-refractivity contribution is -0.122. The lowest BCUT2D eigenvalue weighted by Crippen LogP contribution is -2.51. The summed E-state index contributed by atoms with van der Waals surface area (Å²) < 4.78 is 5.49. The van der Waals surface area contributed by atoms with Crippen molar-refractivity contribution in [2.45, 2.75) is 71.3 Å². The second kappa shape index (κ2) is 5.34. The molecule has 0 aromatic heterocycles. The first kappa shape index (κ1) is 16.2. The molecule has 0 heterocycles. The molecule has 4 rings (SSSR count). The second-order valence-corrected chi connectivity index (χ2v) is 9.02. The van der Waals surface area contributed by atoms with Crippen LogP contribution in [-0.4, -0.2) is 18.0 Å². The van der Waals surface area contributed by atoms with Crippen molar-refractivity contribution in [3.63, 3.8) is 0 Å². The van der Waals surface area contributed by atoms with Crippen LogP contribution >= 0.6 is 0 Å². The van der Waals surface area contributed by atoms with E-state index in [-0.39, 0.29) is 16.9 Å². The van der Waals surface area contributed by atoms with Gasteiger partial charge in [0.1, 0.15) is 11.9 Å². The highest BCUT2D eigenvalue weighted by atomic mass is 16.6. The summed E-state index contributed by atoms with van der Waals surface area (Å²) in [5.74, 6) is 2.35. The van der Waals surface area contributed by atoms with E-state index in [1.807, 2.05) is 0 Å². The molecule has 24 heavy (non-hydrogen) atoms. The molecule has 6 atom stereocenters. The number of allylic oxidation sites excluding steroid dienone is 2. The molecular formula is C20H29NO3. The zero-order chi connectivity index (χ0) is 17.1. The van der Waals surface area contributed by atoms with E-state index < -0.39 is 6.09 Å². The number of carbonyl (C=O) groups excluding carboxylic acids is 2. The summed E-state index contributed by atoms with van der Waals surface area (Å²) in [6.45, 7) is 4.71. The van der Waals surface area contributed by atoms with Crippen molar-refractivity contribution in [3.8, 4) is 0 Å². The van der Waals surface area contributed by atoms with Crippen LogP contribution in [0.4, 0.5) is 4.79 Å². The number of amides is 1. The zero-order valence-electron chi connectivity index (χ0n) is 14.8. The number of hydrogen-bond donors (Lipinski definition) is 1. The first-order valence-corrected chi connectivity index (χ1v) is 9.52. The number of ether oxygens (including phenoxy) is 1. The van der Waals surface area contributed by atoms with Crippen molar-refractivity contribution in [2.24, 2.45) is 34.3 Å². The average molecular weight is 331 g/mol. The number of hydrogen-bond acceptors (Lipinski definition) is 3. The summed E-state index contributed by atoms with van der Waals surface area (Å²) in [7, 11) is 0. The SMILES string of the molecule is C[C@]12CCC(=O)CC1=CCC1C2CC[C@@]2(C)C1CC[C@@H]2OC(N)=O. The van der Waals surface area contributed by atoms with Crippen molar-refractivity contribution in [1.29, 1.82) is 0 Å². The molecule has 2 N–H and O–H groups in total. The molecule has 0 saturated heterocycles. The lowest BCUT2D eigenvalue weighted by Gasteiger charge is -2.57. The van der Waals surface area contributed by atoms with Gasteiger partial charge in [0.05, 0.1) is 0 Å². The predicted octanol–water partition coefficient (Wildman–Crippen LogP) is 3.98. The van der Waals surface area contributed by atoms with Crippen LogP contribution in [0.5, 0.6) is 0 Å². The topological polar surface area (TPSA) is 69.4 Å². The summed E-state index contributed by atoms with van der Waals surface area (Å²) in [4.78, 5) is 23.2. The monoisotopic (exact) mass is 331 g/mol. The van der Waals surface area contributed by atoms with Gasteiger partial charge in [0.2, 0.25) is 0 Å². The van der Waals surface area contributed by atoms with Gasteiger partial charge in [-0.25, -0.2) is 4.79 Å². The van der Waals surface area contributed by atoms with E-state index in [2.05, 4.69) is 19.9 Å². The van der Waals surface area contributed by atoms with E-state index in [0.717, 1.165) is 38.5 Å². The van der Waals surface area contributed by atoms with E-state index in [9.17, 15) is 9.59 Å². The van der Waals surface area contributed by atoms with Gasteiger partial charge in [0, 0.05) is 18.3 Å². The Morgan fingerprint density at radius 1 is 1.21 bits per heavy atom.